The van der Waals surface area contributed by atoms with Gasteiger partial charge in [0.05, 0.1) is 26.0 Å². The molecular weight excluding hydrogens is 394 g/mol. The molecule has 1 saturated heterocycles. The maximum Gasteiger partial charge on any atom is 0.229 e. The van der Waals surface area contributed by atoms with Gasteiger partial charge in [0, 0.05) is 30.7 Å². The number of aromatic amines is 1. The van der Waals surface area contributed by atoms with E-state index in [0.29, 0.717) is 30.6 Å². The number of hydrogen-bond acceptors (Lipinski definition) is 8. The maximum atomic E-state index is 6.02. The predicted octanol–water partition coefficient (Wildman–Crippen LogP) is 3.43. The molecule has 0 aliphatic carbocycles. The number of hydrogen-bond donors (Lipinski definition) is 3. The first-order valence-electron chi connectivity index (χ1n) is 10.7. The summed E-state index contributed by atoms with van der Waals surface area (Å²) in [5, 5.41) is 13.3. The summed E-state index contributed by atoms with van der Waals surface area (Å²) in [4.78, 5) is 11.3. The Hall–Kier alpha value is -3.33. The summed E-state index contributed by atoms with van der Waals surface area (Å²) >= 11 is 0. The number of nitrogens with one attached hydrogen (secondary N) is 3. The van der Waals surface area contributed by atoms with Crippen LogP contribution in [-0.4, -0.2) is 58.4 Å². The van der Waals surface area contributed by atoms with Gasteiger partial charge in [-0.05, 0) is 56.6 Å². The van der Waals surface area contributed by atoms with E-state index in [1.54, 1.807) is 19.5 Å². The summed E-state index contributed by atoms with van der Waals surface area (Å²) < 4.78 is 11.5. The summed E-state index contributed by atoms with van der Waals surface area (Å²) in [5.74, 6) is 2.64. The van der Waals surface area contributed by atoms with Gasteiger partial charge in [-0.1, -0.05) is 0 Å². The molecule has 0 atom stereocenters. The molecular formula is C22H29N7O2. The van der Waals surface area contributed by atoms with Gasteiger partial charge in [-0.3, -0.25) is 5.10 Å². The van der Waals surface area contributed by atoms with E-state index >= 15 is 0 Å². The average molecular weight is 424 g/mol. The Morgan fingerprint density at radius 3 is 2.81 bits per heavy atom. The van der Waals surface area contributed by atoms with Crippen molar-refractivity contribution in [3.63, 3.8) is 0 Å². The Morgan fingerprint density at radius 2 is 2.00 bits per heavy atom. The van der Waals surface area contributed by atoms with Crippen molar-refractivity contribution in [2.45, 2.75) is 25.8 Å². The van der Waals surface area contributed by atoms with Crippen LogP contribution >= 0.6 is 0 Å². The minimum Gasteiger partial charge on any atom is -0.493 e. The number of ether oxygens (including phenoxy) is 2. The minimum atomic E-state index is 0.500. The fraction of sp³-hybridized carbons (Fsp3) is 0.409. The van der Waals surface area contributed by atoms with Gasteiger partial charge in [0.2, 0.25) is 5.95 Å². The van der Waals surface area contributed by atoms with E-state index in [9.17, 15) is 0 Å². The molecule has 9 heteroatoms. The maximum absolute atomic E-state index is 6.02. The molecule has 1 aromatic carbocycles. The summed E-state index contributed by atoms with van der Waals surface area (Å²) in [7, 11) is 1.65. The van der Waals surface area contributed by atoms with Crippen molar-refractivity contribution in [2.75, 3.05) is 44.0 Å². The van der Waals surface area contributed by atoms with Crippen LogP contribution in [0.5, 0.6) is 11.5 Å². The third-order valence-corrected chi connectivity index (χ3v) is 5.17. The van der Waals surface area contributed by atoms with Crippen LogP contribution in [0.3, 0.4) is 0 Å². The Kier molecular flexibility index (Phi) is 7.17. The second-order valence-electron chi connectivity index (χ2n) is 7.44. The quantitative estimate of drug-likeness (QED) is 0.403. The summed E-state index contributed by atoms with van der Waals surface area (Å²) in [5.41, 5.74) is 1.82. The van der Waals surface area contributed by atoms with Crippen molar-refractivity contribution in [1.82, 2.24) is 25.1 Å². The third kappa shape index (κ3) is 6.08. The number of anilines is 3. The summed E-state index contributed by atoms with van der Waals surface area (Å²) in [6, 6.07) is 9.47. The third-order valence-electron chi connectivity index (χ3n) is 5.17. The molecule has 0 amide bonds. The smallest absolute Gasteiger partial charge is 0.229 e. The predicted molar refractivity (Wildman–Crippen MR) is 120 cm³/mol. The fourth-order valence-electron chi connectivity index (χ4n) is 3.56. The van der Waals surface area contributed by atoms with E-state index in [2.05, 4.69) is 35.7 Å². The highest BCUT2D eigenvalue weighted by Gasteiger charge is 2.11. The van der Waals surface area contributed by atoms with Gasteiger partial charge in [-0.15, -0.1) is 0 Å². The largest absolute Gasteiger partial charge is 0.493 e. The highest BCUT2D eigenvalue weighted by atomic mass is 16.5. The van der Waals surface area contributed by atoms with Crippen LogP contribution < -0.4 is 20.1 Å². The molecule has 0 spiro atoms. The standard InChI is InChI=1S/C22H29N7O2/c1-30-19-6-5-17(15-20(19)31-14-4-13-29-11-2-3-12-29)26-22-23-9-8-21(27-22)24-16-18-7-10-25-28-18/h5-10,15H,2-4,11-14,16H2,1H3,(H,25,28)(H2,23,24,26,27). The topological polar surface area (TPSA) is 100 Å². The lowest BCUT2D eigenvalue weighted by molar-refractivity contribution is 0.254. The van der Waals surface area contributed by atoms with Gasteiger partial charge in [-0.25, -0.2) is 4.98 Å². The summed E-state index contributed by atoms with van der Waals surface area (Å²) in [6.45, 7) is 4.75. The average Bonchev–Trinajstić information content (AvgIpc) is 3.50. The number of H-pyrrole nitrogens is 1. The zero-order valence-electron chi connectivity index (χ0n) is 17.8. The van der Waals surface area contributed by atoms with E-state index in [0.717, 1.165) is 30.2 Å². The Labute approximate surface area is 182 Å². The first kappa shape index (κ1) is 20.9. The molecule has 0 unspecified atom stereocenters. The zero-order chi connectivity index (χ0) is 21.3. The molecule has 1 aliphatic heterocycles. The lowest BCUT2D eigenvalue weighted by Gasteiger charge is -2.16. The molecule has 9 nitrogen and oxygen atoms in total. The van der Waals surface area contributed by atoms with Crippen LogP contribution in [0.25, 0.3) is 0 Å². The molecule has 1 fully saturated rings. The number of benzene rings is 1. The molecule has 0 saturated carbocycles. The first-order valence-corrected chi connectivity index (χ1v) is 10.7. The van der Waals surface area contributed by atoms with Gasteiger partial charge in [0.1, 0.15) is 5.82 Å². The lowest BCUT2D eigenvalue weighted by Crippen LogP contribution is -2.21. The minimum absolute atomic E-state index is 0.500. The number of methoxy groups -OCH3 is 1. The number of aromatic nitrogens is 4. The van der Waals surface area contributed by atoms with Gasteiger partial charge < -0.3 is 25.0 Å². The van der Waals surface area contributed by atoms with Gasteiger partial charge in [-0.2, -0.15) is 10.1 Å². The van der Waals surface area contributed by atoms with Gasteiger partial charge in [0.15, 0.2) is 11.5 Å². The van der Waals surface area contributed by atoms with Crippen LogP contribution in [0.15, 0.2) is 42.7 Å². The van der Waals surface area contributed by atoms with Crippen molar-refractivity contribution < 1.29 is 9.47 Å². The summed E-state index contributed by atoms with van der Waals surface area (Å²) in [6.07, 6.45) is 7.05. The molecule has 3 N–H and O–H groups in total. The van der Waals surface area contributed by atoms with Crippen LogP contribution in [0, 0.1) is 0 Å². The second-order valence-corrected chi connectivity index (χ2v) is 7.44. The molecule has 4 rings (SSSR count). The Balaban J connectivity index is 1.34. The van der Waals surface area contributed by atoms with E-state index < -0.39 is 0 Å². The molecule has 1 aliphatic rings. The van der Waals surface area contributed by atoms with E-state index in [1.165, 1.54) is 25.9 Å². The fourth-order valence-corrected chi connectivity index (χ4v) is 3.56. The van der Waals surface area contributed by atoms with Crippen molar-refractivity contribution in [2.24, 2.45) is 0 Å². The number of likely N-dealkylation sites (tertiary alicyclic amines) is 1. The Bertz CT molecular complexity index is 943. The van der Waals surface area contributed by atoms with Crippen molar-refractivity contribution in [3.05, 3.63) is 48.4 Å². The van der Waals surface area contributed by atoms with Crippen molar-refractivity contribution in [1.29, 1.82) is 0 Å². The first-order chi connectivity index (χ1) is 15.3. The van der Waals surface area contributed by atoms with Crippen LogP contribution in [0.4, 0.5) is 17.5 Å². The van der Waals surface area contributed by atoms with Crippen LogP contribution in [0.1, 0.15) is 25.0 Å². The highest BCUT2D eigenvalue weighted by molar-refractivity contribution is 5.60. The molecule has 2 aromatic heterocycles. The Morgan fingerprint density at radius 1 is 1.10 bits per heavy atom. The van der Waals surface area contributed by atoms with E-state index in [1.807, 2.05) is 30.3 Å². The normalized spacial score (nSPS) is 13.8. The molecule has 3 aromatic rings. The molecule has 3 heterocycles. The number of rotatable bonds is 11. The van der Waals surface area contributed by atoms with Gasteiger partial charge >= 0.3 is 0 Å². The molecule has 0 bridgehead atoms. The highest BCUT2D eigenvalue weighted by Crippen LogP contribution is 2.31. The van der Waals surface area contributed by atoms with E-state index in [-0.39, 0.29) is 0 Å². The van der Waals surface area contributed by atoms with Crippen molar-refractivity contribution in [3.8, 4) is 11.5 Å². The van der Waals surface area contributed by atoms with Crippen LogP contribution in [-0.2, 0) is 6.54 Å². The lowest BCUT2D eigenvalue weighted by atomic mass is 10.2. The van der Waals surface area contributed by atoms with Gasteiger partial charge in [0.25, 0.3) is 0 Å². The van der Waals surface area contributed by atoms with E-state index in [4.69, 9.17) is 9.47 Å². The molecule has 31 heavy (non-hydrogen) atoms. The molecule has 0 radical (unpaired) electrons. The molecule has 164 valence electrons. The van der Waals surface area contributed by atoms with Crippen molar-refractivity contribution >= 4 is 17.5 Å². The zero-order valence-corrected chi connectivity index (χ0v) is 17.8. The SMILES string of the molecule is COc1ccc(Nc2nccc(NCc3ccn[nH]3)n2)cc1OCCCN1CCCC1. The van der Waals surface area contributed by atoms with Crippen LogP contribution in [0.2, 0.25) is 0 Å². The second kappa shape index (κ2) is 10.6. The number of nitrogens with zero attached hydrogens (tertiary/aromatic N) is 4. The monoisotopic (exact) mass is 423 g/mol.